The van der Waals surface area contributed by atoms with Crippen molar-refractivity contribution in [1.82, 2.24) is 0 Å². The van der Waals surface area contributed by atoms with Crippen molar-refractivity contribution in [2.24, 2.45) is 0 Å². The van der Waals surface area contributed by atoms with Crippen LogP contribution in [0.3, 0.4) is 0 Å². The molecule has 2 aromatic rings. The number of amides is 1. The monoisotopic (exact) mass is 386 g/mol. The van der Waals surface area contributed by atoms with Crippen molar-refractivity contribution in [1.29, 1.82) is 0 Å². The molecule has 1 aliphatic heterocycles. The molecule has 1 heterocycles. The molecule has 0 bridgehead atoms. The number of rotatable bonds is 3. The van der Waals surface area contributed by atoms with Crippen molar-refractivity contribution >= 4 is 38.9 Å². The van der Waals surface area contributed by atoms with Crippen LogP contribution in [0.2, 0.25) is 5.02 Å². The Kier molecular flexibility index (Phi) is 4.66. The van der Waals surface area contributed by atoms with Crippen molar-refractivity contribution < 1.29 is 22.0 Å². The number of nitrogens with zero attached hydrogens (tertiary/aromatic N) is 1. The van der Waals surface area contributed by atoms with E-state index in [1.54, 1.807) is 0 Å². The number of carbonyl (C=O) groups excluding carboxylic acids is 1. The fraction of sp³-hybridized carbons (Fsp3) is 0.188. The Morgan fingerprint density at radius 2 is 1.88 bits per heavy atom. The molecule has 0 aromatic heterocycles. The minimum Gasteiger partial charge on any atom is -0.321 e. The lowest BCUT2D eigenvalue weighted by molar-refractivity contribution is 0.102. The van der Waals surface area contributed by atoms with Crippen LogP contribution in [0.5, 0.6) is 0 Å². The zero-order valence-corrected chi connectivity index (χ0v) is 14.4. The SMILES string of the molecule is O=C(Nc1ccc(N2CCCS2(=O)=O)cc1Cl)c1ccc(F)c(F)c1. The molecule has 1 fully saturated rings. The van der Waals surface area contributed by atoms with Gasteiger partial charge in [-0.05, 0) is 42.8 Å². The summed E-state index contributed by atoms with van der Waals surface area (Å²) in [6, 6.07) is 7.20. The summed E-state index contributed by atoms with van der Waals surface area (Å²) >= 11 is 6.12. The number of nitrogens with one attached hydrogen (secondary N) is 1. The Bertz CT molecular complexity index is 950. The maximum atomic E-state index is 13.2. The quantitative estimate of drug-likeness (QED) is 0.879. The third-order valence-corrected chi connectivity index (χ3v) is 5.95. The Hall–Kier alpha value is -2.19. The van der Waals surface area contributed by atoms with Crippen molar-refractivity contribution in [2.75, 3.05) is 21.9 Å². The summed E-state index contributed by atoms with van der Waals surface area (Å²) in [5, 5.41) is 2.62. The molecule has 1 amide bonds. The molecule has 0 radical (unpaired) electrons. The van der Waals surface area contributed by atoms with E-state index in [0.717, 1.165) is 18.2 Å². The number of halogens is 3. The van der Waals surface area contributed by atoms with Crippen LogP contribution in [0.1, 0.15) is 16.8 Å². The zero-order chi connectivity index (χ0) is 18.2. The van der Waals surface area contributed by atoms with Gasteiger partial charge >= 0.3 is 0 Å². The van der Waals surface area contributed by atoms with Gasteiger partial charge in [0.05, 0.1) is 22.2 Å². The lowest BCUT2D eigenvalue weighted by Crippen LogP contribution is -2.25. The predicted molar refractivity (Wildman–Crippen MR) is 91.5 cm³/mol. The maximum Gasteiger partial charge on any atom is 0.255 e. The molecule has 132 valence electrons. The molecule has 1 N–H and O–H groups in total. The first-order chi connectivity index (χ1) is 11.8. The molecule has 0 saturated carbocycles. The van der Waals surface area contributed by atoms with Gasteiger partial charge in [-0.1, -0.05) is 11.6 Å². The first-order valence-corrected chi connectivity index (χ1v) is 9.33. The summed E-state index contributed by atoms with van der Waals surface area (Å²) in [6.07, 6.45) is 0.536. The standard InChI is InChI=1S/C16H13ClF2N2O3S/c17-12-9-11(21-6-1-7-25(21,23)24)3-5-15(12)20-16(22)10-2-4-13(18)14(19)8-10/h2-5,8-9H,1,6-7H2,(H,20,22). The number of benzene rings is 2. The Labute approximate surface area is 148 Å². The highest BCUT2D eigenvalue weighted by atomic mass is 35.5. The lowest BCUT2D eigenvalue weighted by Gasteiger charge is -2.18. The molecular formula is C16H13ClF2N2O3S. The van der Waals surface area contributed by atoms with Crippen LogP contribution in [-0.4, -0.2) is 26.6 Å². The van der Waals surface area contributed by atoms with Crippen molar-refractivity contribution in [2.45, 2.75) is 6.42 Å². The molecule has 9 heteroatoms. The van der Waals surface area contributed by atoms with E-state index in [9.17, 15) is 22.0 Å². The molecule has 1 saturated heterocycles. The van der Waals surface area contributed by atoms with Gasteiger partial charge in [-0.15, -0.1) is 0 Å². The molecule has 0 unspecified atom stereocenters. The molecule has 0 atom stereocenters. The van der Waals surface area contributed by atoms with Gasteiger partial charge in [-0.2, -0.15) is 0 Å². The minimum absolute atomic E-state index is 0.0684. The number of hydrogen-bond donors (Lipinski definition) is 1. The highest BCUT2D eigenvalue weighted by Crippen LogP contribution is 2.31. The lowest BCUT2D eigenvalue weighted by atomic mass is 10.2. The van der Waals surface area contributed by atoms with Crippen LogP contribution in [-0.2, 0) is 10.0 Å². The molecular weight excluding hydrogens is 374 g/mol. The van der Waals surface area contributed by atoms with Gasteiger partial charge in [0.15, 0.2) is 11.6 Å². The van der Waals surface area contributed by atoms with Gasteiger partial charge < -0.3 is 5.32 Å². The Balaban J connectivity index is 1.81. The molecule has 3 rings (SSSR count). The van der Waals surface area contributed by atoms with E-state index in [-0.39, 0.29) is 22.0 Å². The Morgan fingerprint density at radius 3 is 2.48 bits per heavy atom. The highest BCUT2D eigenvalue weighted by molar-refractivity contribution is 7.93. The summed E-state index contributed by atoms with van der Waals surface area (Å²) in [6.45, 7) is 0.374. The second-order valence-electron chi connectivity index (χ2n) is 5.49. The maximum absolute atomic E-state index is 13.2. The van der Waals surface area contributed by atoms with Crippen LogP contribution in [0.15, 0.2) is 36.4 Å². The molecule has 0 aliphatic carbocycles. The number of anilines is 2. The van der Waals surface area contributed by atoms with Gasteiger partial charge in [-0.3, -0.25) is 9.10 Å². The highest BCUT2D eigenvalue weighted by Gasteiger charge is 2.28. The molecule has 1 aliphatic rings. The third kappa shape index (κ3) is 3.59. The van der Waals surface area contributed by atoms with Crippen LogP contribution < -0.4 is 9.62 Å². The topological polar surface area (TPSA) is 66.5 Å². The van der Waals surface area contributed by atoms with Gasteiger partial charge in [0.2, 0.25) is 10.0 Å². The number of carbonyl (C=O) groups is 1. The third-order valence-electron chi connectivity index (χ3n) is 3.77. The summed E-state index contributed by atoms with van der Waals surface area (Å²) < 4.78 is 51.3. The van der Waals surface area contributed by atoms with Gasteiger partial charge in [-0.25, -0.2) is 17.2 Å². The second kappa shape index (κ2) is 6.61. The fourth-order valence-electron chi connectivity index (χ4n) is 2.52. The van der Waals surface area contributed by atoms with Gasteiger partial charge in [0.1, 0.15) is 0 Å². The summed E-state index contributed by atoms with van der Waals surface area (Å²) in [5.41, 5.74) is 0.575. The summed E-state index contributed by atoms with van der Waals surface area (Å²) in [5.74, 6) is -2.76. The largest absolute Gasteiger partial charge is 0.321 e. The molecule has 0 spiro atoms. The average molecular weight is 387 g/mol. The smallest absolute Gasteiger partial charge is 0.255 e. The van der Waals surface area contributed by atoms with Crippen LogP contribution in [0, 0.1) is 11.6 Å². The van der Waals surface area contributed by atoms with E-state index in [2.05, 4.69) is 5.32 Å². The fourth-order valence-corrected chi connectivity index (χ4v) is 4.30. The normalized spacial score (nSPS) is 16.0. The van der Waals surface area contributed by atoms with Crippen LogP contribution in [0.4, 0.5) is 20.2 Å². The second-order valence-corrected chi connectivity index (χ2v) is 7.91. The Morgan fingerprint density at radius 1 is 1.12 bits per heavy atom. The predicted octanol–water partition coefficient (Wildman–Crippen LogP) is 3.41. The molecule has 25 heavy (non-hydrogen) atoms. The van der Waals surface area contributed by atoms with E-state index < -0.39 is 27.6 Å². The first-order valence-electron chi connectivity index (χ1n) is 7.34. The summed E-state index contributed by atoms with van der Waals surface area (Å²) in [4.78, 5) is 12.1. The summed E-state index contributed by atoms with van der Waals surface area (Å²) in [7, 11) is -3.33. The van der Waals surface area contributed by atoms with E-state index in [4.69, 9.17) is 11.6 Å². The zero-order valence-electron chi connectivity index (χ0n) is 12.8. The van der Waals surface area contributed by atoms with E-state index in [0.29, 0.717) is 18.7 Å². The van der Waals surface area contributed by atoms with Crippen molar-refractivity contribution in [3.8, 4) is 0 Å². The van der Waals surface area contributed by atoms with Crippen molar-refractivity contribution in [3.63, 3.8) is 0 Å². The van der Waals surface area contributed by atoms with Crippen LogP contribution in [0.25, 0.3) is 0 Å². The number of sulfonamides is 1. The van der Waals surface area contributed by atoms with Gasteiger partial charge in [0, 0.05) is 12.1 Å². The molecule has 5 nitrogen and oxygen atoms in total. The minimum atomic E-state index is -3.33. The van der Waals surface area contributed by atoms with Gasteiger partial charge in [0.25, 0.3) is 5.91 Å². The number of hydrogen-bond acceptors (Lipinski definition) is 3. The average Bonchev–Trinajstić information content (AvgIpc) is 2.91. The van der Waals surface area contributed by atoms with E-state index in [1.165, 1.54) is 22.5 Å². The van der Waals surface area contributed by atoms with E-state index in [1.807, 2.05) is 0 Å². The van der Waals surface area contributed by atoms with Crippen molar-refractivity contribution in [3.05, 3.63) is 58.6 Å². The van der Waals surface area contributed by atoms with Crippen LogP contribution >= 0.6 is 11.6 Å². The first kappa shape index (κ1) is 17.6. The molecule has 2 aromatic carbocycles. The van der Waals surface area contributed by atoms with E-state index >= 15 is 0 Å².